The standard InChI is InChI=1S/C13H27NO2S/c1-4-13(5-2,11-14-12-7-8-12)9-10-17(15,16)6-3/h12,14H,4-11H2,1-3H3. The van der Waals surface area contributed by atoms with Crippen molar-refractivity contribution < 1.29 is 8.42 Å². The van der Waals surface area contributed by atoms with E-state index >= 15 is 0 Å². The summed E-state index contributed by atoms with van der Waals surface area (Å²) in [6, 6.07) is 0.704. The van der Waals surface area contributed by atoms with Gasteiger partial charge in [-0.1, -0.05) is 20.8 Å². The molecule has 1 N–H and O–H groups in total. The quantitative estimate of drug-likeness (QED) is 0.693. The highest BCUT2D eigenvalue weighted by Gasteiger charge is 2.30. The fourth-order valence-electron chi connectivity index (χ4n) is 2.11. The molecule has 1 aliphatic carbocycles. The van der Waals surface area contributed by atoms with Crippen LogP contribution in [0, 0.1) is 5.41 Å². The van der Waals surface area contributed by atoms with E-state index < -0.39 is 9.84 Å². The highest BCUT2D eigenvalue weighted by atomic mass is 32.2. The van der Waals surface area contributed by atoms with Gasteiger partial charge in [0.05, 0.1) is 5.75 Å². The minimum Gasteiger partial charge on any atom is -0.313 e. The lowest BCUT2D eigenvalue weighted by molar-refractivity contribution is 0.238. The second-order valence-corrected chi connectivity index (χ2v) is 7.82. The maximum atomic E-state index is 11.6. The fraction of sp³-hybridized carbons (Fsp3) is 1.00. The van der Waals surface area contributed by atoms with Crippen molar-refractivity contribution in [3.8, 4) is 0 Å². The zero-order valence-electron chi connectivity index (χ0n) is 11.5. The summed E-state index contributed by atoms with van der Waals surface area (Å²) in [5.74, 6) is 0.615. The Bertz CT molecular complexity index is 316. The van der Waals surface area contributed by atoms with Gasteiger partial charge in [0.15, 0.2) is 0 Å². The van der Waals surface area contributed by atoms with Crippen LogP contribution in [0.5, 0.6) is 0 Å². The number of rotatable bonds is 9. The molecule has 1 aliphatic rings. The molecule has 0 radical (unpaired) electrons. The van der Waals surface area contributed by atoms with Gasteiger partial charge in [-0.3, -0.25) is 0 Å². The zero-order chi connectivity index (χ0) is 12.9. The Morgan fingerprint density at radius 1 is 1.18 bits per heavy atom. The van der Waals surface area contributed by atoms with Gasteiger partial charge in [0.1, 0.15) is 9.84 Å². The van der Waals surface area contributed by atoms with E-state index in [4.69, 9.17) is 0 Å². The van der Waals surface area contributed by atoms with Crippen LogP contribution < -0.4 is 5.32 Å². The summed E-state index contributed by atoms with van der Waals surface area (Å²) in [4.78, 5) is 0. The SMILES string of the molecule is CCC(CC)(CCS(=O)(=O)CC)CNC1CC1. The molecule has 0 atom stereocenters. The Labute approximate surface area is 106 Å². The zero-order valence-corrected chi connectivity index (χ0v) is 12.3. The predicted molar refractivity (Wildman–Crippen MR) is 73.0 cm³/mol. The van der Waals surface area contributed by atoms with E-state index in [-0.39, 0.29) is 11.2 Å². The molecule has 1 saturated carbocycles. The Kier molecular flexibility index (Phi) is 5.45. The molecule has 0 aliphatic heterocycles. The molecule has 102 valence electrons. The molecule has 17 heavy (non-hydrogen) atoms. The molecule has 1 fully saturated rings. The van der Waals surface area contributed by atoms with Crippen LogP contribution in [0.15, 0.2) is 0 Å². The van der Waals surface area contributed by atoms with Crippen molar-refractivity contribution in [3.63, 3.8) is 0 Å². The van der Waals surface area contributed by atoms with Crippen molar-refractivity contribution in [3.05, 3.63) is 0 Å². The third-order valence-corrected chi connectivity index (χ3v) is 5.93. The van der Waals surface area contributed by atoms with Gasteiger partial charge in [0.25, 0.3) is 0 Å². The maximum absolute atomic E-state index is 11.6. The van der Waals surface area contributed by atoms with Crippen LogP contribution >= 0.6 is 0 Å². The van der Waals surface area contributed by atoms with Crippen LogP contribution in [0.4, 0.5) is 0 Å². The molecule has 0 bridgehead atoms. The smallest absolute Gasteiger partial charge is 0.150 e. The van der Waals surface area contributed by atoms with Crippen molar-refractivity contribution in [2.75, 3.05) is 18.1 Å². The van der Waals surface area contributed by atoms with Crippen LogP contribution in [0.1, 0.15) is 52.9 Å². The molecule has 0 unspecified atom stereocenters. The summed E-state index contributed by atoms with van der Waals surface area (Å²) in [5.41, 5.74) is 0.171. The molecule has 0 heterocycles. The third-order valence-electron chi connectivity index (χ3n) is 4.23. The van der Waals surface area contributed by atoms with Crippen LogP contribution in [-0.2, 0) is 9.84 Å². The Morgan fingerprint density at radius 2 is 1.76 bits per heavy atom. The first-order valence-corrected chi connectivity index (χ1v) is 8.73. The van der Waals surface area contributed by atoms with E-state index in [1.165, 1.54) is 12.8 Å². The fourth-order valence-corrected chi connectivity index (χ4v) is 3.14. The summed E-state index contributed by atoms with van der Waals surface area (Å²) in [6.45, 7) is 7.06. The number of sulfone groups is 1. The Hall–Kier alpha value is -0.0900. The normalized spacial score (nSPS) is 17.4. The number of hydrogen-bond acceptors (Lipinski definition) is 3. The third kappa shape index (κ3) is 4.96. The highest BCUT2D eigenvalue weighted by molar-refractivity contribution is 7.91. The second kappa shape index (κ2) is 6.19. The van der Waals surface area contributed by atoms with Crippen LogP contribution in [0.2, 0.25) is 0 Å². The molecule has 1 rings (SSSR count). The van der Waals surface area contributed by atoms with Gasteiger partial charge in [-0.15, -0.1) is 0 Å². The first kappa shape index (κ1) is 15.0. The van der Waals surface area contributed by atoms with Gasteiger partial charge in [-0.2, -0.15) is 0 Å². The van der Waals surface area contributed by atoms with Crippen molar-refractivity contribution in [2.24, 2.45) is 5.41 Å². The van der Waals surface area contributed by atoms with E-state index in [1.807, 2.05) is 0 Å². The van der Waals surface area contributed by atoms with Crippen LogP contribution in [0.3, 0.4) is 0 Å². The molecule has 0 spiro atoms. The van der Waals surface area contributed by atoms with Crippen molar-refractivity contribution >= 4 is 9.84 Å². The van der Waals surface area contributed by atoms with Gasteiger partial charge < -0.3 is 5.32 Å². The minimum atomic E-state index is -2.82. The Morgan fingerprint density at radius 3 is 2.18 bits per heavy atom. The molecule has 0 amide bonds. The largest absolute Gasteiger partial charge is 0.313 e. The van der Waals surface area contributed by atoms with Crippen molar-refractivity contribution in [1.82, 2.24) is 5.32 Å². The lowest BCUT2D eigenvalue weighted by atomic mass is 9.79. The molecular formula is C13H27NO2S. The molecule has 0 aromatic heterocycles. The highest BCUT2D eigenvalue weighted by Crippen LogP contribution is 2.32. The van der Waals surface area contributed by atoms with E-state index in [2.05, 4.69) is 19.2 Å². The lowest BCUT2D eigenvalue weighted by Gasteiger charge is -2.32. The summed E-state index contributed by atoms with van der Waals surface area (Å²) in [5, 5.41) is 3.56. The minimum absolute atomic E-state index is 0.171. The molecule has 3 nitrogen and oxygen atoms in total. The van der Waals surface area contributed by atoms with Gasteiger partial charge in [0, 0.05) is 18.3 Å². The van der Waals surface area contributed by atoms with E-state index in [9.17, 15) is 8.42 Å². The number of hydrogen-bond donors (Lipinski definition) is 1. The molecule has 4 heteroatoms. The summed E-state index contributed by atoms with van der Waals surface area (Å²) in [6.07, 6.45) is 5.49. The van der Waals surface area contributed by atoms with E-state index in [0.29, 0.717) is 11.8 Å². The van der Waals surface area contributed by atoms with E-state index in [0.717, 1.165) is 25.8 Å². The average molecular weight is 261 g/mol. The molecule has 0 aromatic rings. The number of nitrogens with one attached hydrogen (secondary N) is 1. The first-order chi connectivity index (χ1) is 7.97. The summed E-state index contributed by atoms with van der Waals surface area (Å²) in [7, 11) is -2.82. The van der Waals surface area contributed by atoms with Gasteiger partial charge >= 0.3 is 0 Å². The summed E-state index contributed by atoms with van der Waals surface area (Å²) < 4.78 is 23.2. The van der Waals surface area contributed by atoms with Gasteiger partial charge in [-0.05, 0) is 37.5 Å². The average Bonchev–Trinajstić information content (AvgIpc) is 3.14. The Balaban J connectivity index is 2.49. The van der Waals surface area contributed by atoms with E-state index in [1.54, 1.807) is 6.92 Å². The molecule has 0 aromatic carbocycles. The van der Waals surface area contributed by atoms with Crippen LogP contribution in [-0.4, -0.2) is 32.5 Å². The monoisotopic (exact) mass is 261 g/mol. The van der Waals surface area contributed by atoms with Gasteiger partial charge in [0.2, 0.25) is 0 Å². The second-order valence-electron chi connectivity index (χ2n) is 5.35. The maximum Gasteiger partial charge on any atom is 0.150 e. The molecular weight excluding hydrogens is 234 g/mol. The van der Waals surface area contributed by atoms with Crippen molar-refractivity contribution in [1.29, 1.82) is 0 Å². The van der Waals surface area contributed by atoms with Crippen molar-refractivity contribution in [2.45, 2.75) is 58.9 Å². The summed E-state index contributed by atoms with van der Waals surface area (Å²) >= 11 is 0. The predicted octanol–water partition coefficient (Wildman–Crippen LogP) is 2.37. The topological polar surface area (TPSA) is 46.2 Å². The first-order valence-electron chi connectivity index (χ1n) is 6.90. The lowest BCUT2D eigenvalue weighted by Crippen LogP contribution is -2.36. The van der Waals surface area contributed by atoms with Gasteiger partial charge in [-0.25, -0.2) is 8.42 Å². The molecule has 0 saturated heterocycles. The van der Waals surface area contributed by atoms with Crippen LogP contribution in [0.25, 0.3) is 0 Å².